The first-order chi connectivity index (χ1) is 11.6. The maximum absolute atomic E-state index is 12.1. The lowest BCUT2D eigenvalue weighted by atomic mass is 10.2. The molecular weight excluding hydrogens is 330 g/mol. The van der Waals surface area contributed by atoms with Crippen LogP contribution in [-0.2, 0) is 4.74 Å². The molecule has 2 rings (SSSR count). The van der Waals surface area contributed by atoms with Crippen molar-refractivity contribution in [2.75, 3.05) is 25.1 Å². The molecule has 2 amide bonds. The molecule has 0 aliphatic carbocycles. The average Bonchev–Trinajstić information content (AvgIpc) is 3.01. The number of anilines is 1. The van der Waals surface area contributed by atoms with Crippen molar-refractivity contribution in [2.24, 2.45) is 0 Å². The Morgan fingerprint density at radius 2 is 2.08 bits per heavy atom. The van der Waals surface area contributed by atoms with Crippen LogP contribution in [0.2, 0.25) is 5.02 Å². The molecule has 0 saturated carbocycles. The summed E-state index contributed by atoms with van der Waals surface area (Å²) in [5, 5.41) is 6.00. The molecule has 1 aromatic heterocycles. The smallest absolute Gasteiger partial charge is 0.272 e. The number of nitrogens with one attached hydrogen (secondary N) is 3. The van der Waals surface area contributed by atoms with Crippen molar-refractivity contribution in [1.29, 1.82) is 0 Å². The summed E-state index contributed by atoms with van der Waals surface area (Å²) >= 11 is 5.78. The van der Waals surface area contributed by atoms with Gasteiger partial charge in [-0.25, -0.2) is 0 Å². The first kappa shape index (κ1) is 18.0. The monoisotopic (exact) mass is 349 g/mol. The van der Waals surface area contributed by atoms with Gasteiger partial charge in [-0.1, -0.05) is 17.7 Å². The summed E-state index contributed by atoms with van der Waals surface area (Å²) in [6.07, 6.45) is 2.28. The highest BCUT2D eigenvalue weighted by Crippen LogP contribution is 2.14. The SMILES string of the molecule is CCOCCCNC(=O)c1cccc(NC(=O)c2cc(Cl)c[nH]2)c1. The van der Waals surface area contributed by atoms with Crippen molar-refractivity contribution in [3.63, 3.8) is 0 Å². The molecule has 0 aliphatic rings. The average molecular weight is 350 g/mol. The van der Waals surface area contributed by atoms with Crippen LogP contribution in [-0.4, -0.2) is 36.6 Å². The Labute approximate surface area is 145 Å². The van der Waals surface area contributed by atoms with Gasteiger partial charge in [0.25, 0.3) is 11.8 Å². The summed E-state index contributed by atoms with van der Waals surface area (Å²) in [6.45, 7) is 3.75. The minimum Gasteiger partial charge on any atom is -0.382 e. The van der Waals surface area contributed by atoms with Gasteiger partial charge in [-0.3, -0.25) is 9.59 Å². The molecule has 24 heavy (non-hydrogen) atoms. The minimum absolute atomic E-state index is 0.189. The van der Waals surface area contributed by atoms with E-state index in [9.17, 15) is 9.59 Å². The molecule has 1 heterocycles. The van der Waals surface area contributed by atoms with Crippen molar-refractivity contribution in [1.82, 2.24) is 10.3 Å². The number of carbonyl (C=O) groups is 2. The summed E-state index contributed by atoms with van der Waals surface area (Å²) < 4.78 is 5.22. The predicted molar refractivity (Wildman–Crippen MR) is 93.6 cm³/mol. The number of H-pyrrole nitrogens is 1. The molecule has 0 saturated heterocycles. The van der Waals surface area contributed by atoms with E-state index in [-0.39, 0.29) is 11.8 Å². The fourth-order valence-electron chi connectivity index (χ4n) is 2.06. The summed E-state index contributed by atoms with van der Waals surface area (Å²) in [5.74, 6) is -0.512. The predicted octanol–water partition coefficient (Wildman–Crippen LogP) is 3.08. The van der Waals surface area contributed by atoms with Gasteiger partial charge in [-0.2, -0.15) is 0 Å². The Morgan fingerprint density at radius 3 is 2.79 bits per heavy atom. The Bertz CT molecular complexity index is 700. The third kappa shape index (κ3) is 5.40. The zero-order valence-electron chi connectivity index (χ0n) is 13.4. The number of aromatic nitrogens is 1. The van der Waals surface area contributed by atoms with E-state index in [1.807, 2.05) is 6.92 Å². The molecule has 6 nitrogen and oxygen atoms in total. The highest BCUT2D eigenvalue weighted by atomic mass is 35.5. The van der Waals surface area contributed by atoms with Gasteiger partial charge in [0.05, 0.1) is 5.02 Å². The van der Waals surface area contributed by atoms with Gasteiger partial charge >= 0.3 is 0 Å². The number of aromatic amines is 1. The van der Waals surface area contributed by atoms with Gasteiger partial charge in [0.15, 0.2) is 0 Å². The van der Waals surface area contributed by atoms with Crippen LogP contribution in [0.3, 0.4) is 0 Å². The number of ether oxygens (including phenoxy) is 1. The Morgan fingerprint density at radius 1 is 1.25 bits per heavy atom. The van der Waals surface area contributed by atoms with Crippen LogP contribution in [0.25, 0.3) is 0 Å². The zero-order valence-corrected chi connectivity index (χ0v) is 14.2. The molecule has 128 valence electrons. The number of rotatable bonds is 8. The van der Waals surface area contributed by atoms with Gasteiger partial charge in [-0.05, 0) is 37.6 Å². The summed E-state index contributed by atoms with van der Waals surface area (Å²) in [6, 6.07) is 8.28. The molecule has 0 unspecified atom stereocenters. The standard InChI is InChI=1S/C17H20ClN3O3/c1-2-24-8-4-7-19-16(22)12-5-3-6-14(9-12)21-17(23)15-10-13(18)11-20-15/h3,5-6,9-11,20H,2,4,7-8H2,1H3,(H,19,22)(H,21,23). The summed E-state index contributed by atoms with van der Waals surface area (Å²) in [7, 11) is 0. The van der Waals surface area contributed by atoms with Crippen molar-refractivity contribution < 1.29 is 14.3 Å². The highest BCUT2D eigenvalue weighted by Gasteiger charge is 2.10. The number of benzene rings is 1. The second kappa shape index (κ2) is 9.10. The first-order valence-electron chi connectivity index (χ1n) is 7.71. The number of hydrogen-bond donors (Lipinski definition) is 3. The minimum atomic E-state index is -0.323. The second-order valence-corrected chi connectivity index (χ2v) is 5.51. The van der Waals surface area contributed by atoms with Gasteiger partial charge in [-0.15, -0.1) is 0 Å². The molecule has 0 spiro atoms. The van der Waals surface area contributed by atoms with E-state index in [1.165, 1.54) is 12.3 Å². The quantitative estimate of drug-likeness (QED) is 0.640. The molecule has 2 aromatic rings. The number of amides is 2. The molecule has 0 fully saturated rings. The lowest BCUT2D eigenvalue weighted by Gasteiger charge is -2.08. The number of halogens is 1. The fourth-order valence-corrected chi connectivity index (χ4v) is 2.22. The summed E-state index contributed by atoms with van der Waals surface area (Å²) in [4.78, 5) is 26.9. The molecule has 0 aliphatic heterocycles. The molecule has 0 bridgehead atoms. The third-order valence-electron chi connectivity index (χ3n) is 3.23. The van der Waals surface area contributed by atoms with E-state index >= 15 is 0 Å². The summed E-state index contributed by atoms with van der Waals surface area (Å²) in [5.41, 5.74) is 1.37. The number of carbonyl (C=O) groups excluding carboxylic acids is 2. The molecule has 3 N–H and O–H groups in total. The maximum Gasteiger partial charge on any atom is 0.272 e. The van der Waals surface area contributed by atoms with Crippen LogP contribution in [0.5, 0.6) is 0 Å². The zero-order chi connectivity index (χ0) is 17.4. The van der Waals surface area contributed by atoms with Crippen molar-refractivity contribution in [2.45, 2.75) is 13.3 Å². The Hall–Kier alpha value is -2.31. The van der Waals surface area contributed by atoms with Crippen LogP contribution in [0, 0.1) is 0 Å². The van der Waals surface area contributed by atoms with Gasteiger partial charge in [0, 0.05) is 37.2 Å². The molecule has 7 heteroatoms. The fraction of sp³-hybridized carbons (Fsp3) is 0.294. The number of hydrogen-bond acceptors (Lipinski definition) is 3. The van der Waals surface area contributed by atoms with Crippen LogP contribution >= 0.6 is 11.6 Å². The van der Waals surface area contributed by atoms with Crippen molar-refractivity contribution in [3.05, 3.63) is 52.8 Å². The van der Waals surface area contributed by atoms with E-state index in [0.29, 0.717) is 41.7 Å². The van der Waals surface area contributed by atoms with Crippen LogP contribution in [0.1, 0.15) is 34.2 Å². The maximum atomic E-state index is 12.1. The van der Waals surface area contributed by atoms with Crippen LogP contribution in [0.4, 0.5) is 5.69 Å². The highest BCUT2D eigenvalue weighted by molar-refractivity contribution is 6.31. The van der Waals surface area contributed by atoms with Crippen LogP contribution in [0.15, 0.2) is 36.5 Å². The third-order valence-corrected chi connectivity index (χ3v) is 3.45. The lowest BCUT2D eigenvalue weighted by molar-refractivity contribution is 0.0943. The Kier molecular flexibility index (Phi) is 6.84. The van der Waals surface area contributed by atoms with E-state index in [1.54, 1.807) is 24.3 Å². The van der Waals surface area contributed by atoms with E-state index in [4.69, 9.17) is 16.3 Å². The molecule has 0 atom stereocenters. The van der Waals surface area contributed by atoms with Crippen LogP contribution < -0.4 is 10.6 Å². The molecule has 0 radical (unpaired) electrons. The van der Waals surface area contributed by atoms with Gasteiger partial charge in [0.1, 0.15) is 5.69 Å². The van der Waals surface area contributed by atoms with Gasteiger partial charge in [0.2, 0.25) is 0 Å². The lowest BCUT2D eigenvalue weighted by Crippen LogP contribution is -2.25. The van der Waals surface area contributed by atoms with Gasteiger partial charge < -0.3 is 20.4 Å². The normalized spacial score (nSPS) is 10.4. The molecular formula is C17H20ClN3O3. The molecule has 1 aromatic carbocycles. The largest absolute Gasteiger partial charge is 0.382 e. The van der Waals surface area contributed by atoms with E-state index in [0.717, 1.165) is 6.42 Å². The topological polar surface area (TPSA) is 83.2 Å². The Balaban J connectivity index is 1.90. The first-order valence-corrected chi connectivity index (χ1v) is 8.09. The second-order valence-electron chi connectivity index (χ2n) is 5.07. The van der Waals surface area contributed by atoms with E-state index in [2.05, 4.69) is 15.6 Å². The van der Waals surface area contributed by atoms with Crippen molar-refractivity contribution >= 4 is 29.1 Å². The van der Waals surface area contributed by atoms with E-state index < -0.39 is 0 Å². The van der Waals surface area contributed by atoms with Crippen molar-refractivity contribution in [3.8, 4) is 0 Å².